The highest BCUT2D eigenvalue weighted by atomic mass is 35.5. The lowest BCUT2D eigenvalue weighted by atomic mass is 10.2. The van der Waals surface area contributed by atoms with Crippen LogP contribution in [0.3, 0.4) is 0 Å². The summed E-state index contributed by atoms with van der Waals surface area (Å²) in [7, 11) is 0. The lowest BCUT2D eigenvalue weighted by Gasteiger charge is -2.12. The molecule has 1 unspecified atom stereocenters. The Kier molecular flexibility index (Phi) is 4.63. The number of aryl methyl sites for hydroxylation is 1. The number of hydrogen-bond donors (Lipinski definition) is 1. The van der Waals surface area contributed by atoms with Crippen molar-refractivity contribution >= 4 is 24.2 Å². The van der Waals surface area contributed by atoms with E-state index in [-0.39, 0.29) is 0 Å². The van der Waals surface area contributed by atoms with Crippen LogP contribution in [0.1, 0.15) is 12.5 Å². The van der Waals surface area contributed by atoms with Crippen LogP contribution in [0.4, 0.5) is 0 Å². The lowest BCUT2D eigenvalue weighted by molar-refractivity contribution is 0.272. The van der Waals surface area contributed by atoms with Gasteiger partial charge in [0.2, 0.25) is 0 Å². The van der Waals surface area contributed by atoms with Crippen LogP contribution in [0.15, 0.2) is 18.2 Å². The van der Waals surface area contributed by atoms with E-state index in [4.69, 9.17) is 16.3 Å². The van der Waals surface area contributed by atoms with E-state index in [1.165, 1.54) is 0 Å². The van der Waals surface area contributed by atoms with E-state index < -0.39 is 0 Å². The monoisotopic (exact) mass is 230 g/mol. The second-order valence-electron chi connectivity index (χ2n) is 3.51. The van der Waals surface area contributed by atoms with E-state index in [1.54, 1.807) is 0 Å². The third kappa shape index (κ3) is 3.43. The topological polar surface area (TPSA) is 9.23 Å². The van der Waals surface area contributed by atoms with Gasteiger partial charge in [-0.15, -0.1) is 0 Å². The SMILES string of the molecule is Cc1cc(Cl)ccc1OCC(C)CS. The summed E-state index contributed by atoms with van der Waals surface area (Å²) in [5, 5.41) is 0.747. The normalized spacial score (nSPS) is 12.6. The molecule has 1 aromatic rings. The van der Waals surface area contributed by atoms with E-state index in [9.17, 15) is 0 Å². The van der Waals surface area contributed by atoms with Gasteiger partial charge in [-0.2, -0.15) is 12.6 Å². The number of halogens is 1. The Morgan fingerprint density at radius 2 is 2.21 bits per heavy atom. The molecule has 0 aromatic heterocycles. The molecule has 0 fully saturated rings. The molecule has 78 valence electrons. The predicted octanol–water partition coefficient (Wildman–Crippen LogP) is 3.59. The molecule has 0 amide bonds. The Balaban J connectivity index is 2.59. The Bertz CT molecular complexity index is 301. The second-order valence-corrected chi connectivity index (χ2v) is 4.31. The standard InChI is InChI=1S/C11H15ClOS/c1-8(7-14)6-13-11-4-3-10(12)5-9(11)2/h3-5,8,14H,6-7H2,1-2H3. The van der Waals surface area contributed by atoms with Crippen molar-refractivity contribution in [3.05, 3.63) is 28.8 Å². The van der Waals surface area contributed by atoms with E-state index >= 15 is 0 Å². The Morgan fingerprint density at radius 3 is 2.79 bits per heavy atom. The van der Waals surface area contributed by atoms with Gasteiger partial charge in [-0.1, -0.05) is 18.5 Å². The van der Waals surface area contributed by atoms with Crippen LogP contribution in [-0.2, 0) is 0 Å². The van der Waals surface area contributed by atoms with Crippen molar-refractivity contribution in [1.82, 2.24) is 0 Å². The molecular weight excluding hydrogens is 216 g/mol. The molecule has 1 aromatic carbocycles. The van der Waals surface area contributed by atoms with Crippen LogP contribution in [0.25, 0.3) is 0 Å². The fourth-order valence-corrected chi connectivity index (χ4v) is 1.39. The average Bonchev–Trinajstić information content (AvgIpc) is 2.16. The van der Waals surface area contributed by atoms with E-state index in [0.717, 1.165) is 22.1 Å². The summed E-state index contributed by atoms with van der Waals surface area (Å²) in [6.45, 7) is 4.80. The molecule has 0 aliphatic heterocycles. The molecule has 0 aliphatic rings. The number of ether oxygens (including phenoxy) is 1. The maximum atomic E-state index is 5.84. The molecule has 0 spiro atoms. The van der Waals surface area contributed by atoms with Gasteiger partial charge in [-0.05, 0) is 42.4 Å². The van der Waals surface area contributed by atoms with Gasteiger partial charge in [-0.3, -0.25) is 0 Å². The molecule has 0 saturated heterocycles. The smallest absolute Gasteiger partial charge is 0.122 e. The molecule has 1 nitrogen and oxygen atoms in total. The Hall–Kier alpha value is -0.340. The second kappa shape index (κ2) is 5.52. The largest absolute Gasteiger partial charge is 0.493 e. The van der Waals surface area contributed by atoms with Gasteiger partial charge < -0.3 is 4.74 Å². The van der Waals surface area contributed by atoms with Gasteiger partial charge in [0.05, 0.1) is 6.61 Å². The van der Waals surface area contributed by atoms with Crippen molar-refractivity contribution in [3.8, 4) is 5.75 Å². The van der Waals surface area contributed by atoms with Crippen molar-refractivity contribution in [2.45, 2.75) is 13.8 Å². The van der Waals surface area contributed by atoms with Crippen LogP contribution in [0.5, 0.6) is 5.75 Å². The van der Waals surface area contributed by atoms with E-state index in [0.29, 0.717) is 12.5 Å². The molecule has 0 bridgehead atoms. The van der Waals surface area contributed by atoms with Crippen LogP contribution in [-0.4, -0.2) is 12.4 Å². The molecule has 3 heteroatoms. The maximum absolute atomic E-state index is 5.84. The van der Waals surface area contributed by atoms with Gasteiger partial charge in [0.15, 0.2) is 0 Å². The number of thiol groups is 1. The van der Waals surface area contributed by atoms with Crippen LogP contribution in [0.2, 0.25) is 5.02 Å². The minimum atomic E-state index is 0.466. The Labute approximate surface area is 95.8 Å². The molecule has 0 N–H and O–H groups in total. The lowest BCUT2D eigenvalue weighted by Crippen LogP contribution is -2.10. The van der Waals surface area contributed by atoms with Gasteiger partial charge >= 0.3 is 0 Å². The first-order valence-corrected chi connectivity index (χ1v) is 5.64. The van der Waals surface area contributed by atoms with Gasteiger partial charge in [0, 0.05) is 5.02 Å². The van der Waals surface area contributed by atoms with E-state index in [1.807, 2.05) is 25.1 Å². The Morgan fingerprint density at radius 1 is 1.50 bits per heavy atom. The molecule has 14 heavy (non-hydrogen) atoms. The zero-order chi connectivity index (χ0) is 10.6. The fraction of sp³-hybridized carbons (Fsp3) is 0.455. The van der Waals surface area contributed by atoms with Crippen LogP contribution in [0, 0.1) is 12.8 Å². The van der Waals surface area contributed by atoms with E-state index in [2.05, 4.69) is 19.6 Å². The van der Waals surface area contributed by atoms with Gasteiger partial charge in [0.1, 0.15) is 5.75 Å². The summed E-state index contributed by atoms with van der Waals surface area (Å²) in [5.41, 5.74) is 1.07. The van der Waals surface area contributed by atoms with Crippen molar-refractivity contribution < 1.29 is 4.74 Å². The number of benzene rings is 1. The number of rotatable bonds is 4. The molecule has 0 radical (unpaired) electrons. The fourth-order valence-electron chi connectivity index (χ4n) is 1.06. The maximum Gasteiger partial charge on any atom is 0.122 e. The summed E-state index contributed by atoms with van der Waals surface area (Å²) in [5.74, 6) is 2.21. The summed E-state index contributed by atoms with van der Waals surface area (Å²) in [6.07, 6.45) is 0. The highest BCUT2D eigenvalue weighted by Crippen LogP contribution is 2.22. The van der Waals surface area contributed by atoms with Crippen LogP contribution < -0.4 is 4.74 Å². The third-order valence-corrected chi connectivity index (χ3v) is 2.83. The zero-order valence-electron chi connectivity index (χ0n) is 8.46. The zero-order valence-corrected chi connectivity index (χ0v) is 10.1. The average molecular weight is 231 g/mol. The minimum absolute atomic E-state index is 0.466. The molecular formula is C11H15ClOS. The first kappa shape index (κ1) is 11.7. The quantitative estimate of drug-likeness (QED) is 0.778. The molecule has 0 heterocycles. The first-order chi connectivity index (χ1) is 6.63. The summed E-state index contributed by atoms with van der Waals surface area (Å²) in [4.78, 5) is 0. The summed E-state index contributed by atoms with van der Waals surface area (Å²) in [6, 6.07) is 5.65. The first-order valence-electron chi connectivity index (χ1n) is 4.63. The third-order valence-electron chi connectivity index (χ3n) is 1.97. The molecule has 1 atom stereocenters. The van der Waals surface area contributed by atoms with Crippen molar-refractivity contribution in [2.75, 3.05) is 12.4 Å². The number of hydrogen-bond acceptors (Lipinski definition) is 2. The van der Waals surface area contributed by atoms with Crippen molar-refractivity contribution in [3.63, 3.8) is 0 Å². The van der Waals surface area contributed by atoms with Crippen LogP contribution >= 0.6 is 24.2 Å². The molecule has 0 aliphatic carbocycles. The summed E-state index contributed by atoms with van der Waals surface area (Å²) < 4.78 is 5.64. The van der Waals surface area contributed by atoms with Crippen molar-refractivity contribution in [1.29, 1.82) is 0 Å². The van der Waals surface area contributed by atoms with Crippen molar-refractivity contribution in [2.24, 2.45) is 5.92 Å². The highest BCUT2D eigenvalue weighted by molar-refractivity contribution is 7.80. The van der Waals surface area contributed by atoms with Gasteiger partial charge in [0.25, 0.3) is 0 Å². The molecule has 0 saturated carbocycles. The summed E-state index contributed by atoms with van der Waals surface area (Å²) >= 11 is 10.0. The molecule has 1 rings (SSSR count). The highest BCUT2D eigenvalue weighted by Gasteiger charge is 2.03. The minimum Gasteiger partial charge on any atom is -0.493 e. The van der Waals surface area contributed by atoms with Gasteiger partial charge in [-0.25, -0.2) is 0 Å². The predicted molar refractivity (Wildman–Crippen MR) is 64.7 cm³/mol.